The smallest absolute Gasteiger partial charge is 0.209 e. The fraction of sp³-hybridized carbons (Fsp3) is 0.417. The number of nitrogens with zero attached hydrogens (tertiary/aromatic N) is 2. The number of carbonyl (C=O) groups excluding carboxylic acids is 2. The van der Waals surface area contributed by atoms with Crippen LogP contribution in [0.15, 0.2) is 24.5 Å². The van der Waals surface area contributed by atoms with Gasteiger partial charge in [-0.25, -0.2) is 0 Å². The van der Waals surface area contributed by atoms with Crippen LogP contribution in [0.4, 0.5) is 0 Å². The summed E-state index contributed by atoms with van der Waals surface area (Å²) in [5, 5.41) is 0. The van der Waals surface area contributed by atoms with Gasteiger partial charge in [0.2, 0.25) is 6.41 Å². The average Bonchev–Trinajstić information content (AvgIpc) is 2.39. The molecule has 2 rings (SSSR count). The summed E-state index contributed by atoms with van der Waals surface area (Å²) in [6.07, 6.45) is 5.65. The molecule has 0 aliphatic carbocycles. The number of amides is 1. The molecule has 1 amide bonds. The second-order valence-corrected chi connectivity index (χ2v) is 4.02. The summed E-state index contributed by atoms with van der Waals surface area (Å²) in [6.45, 7) is 1.37. The second kappa shape index (κ2) is 4.88. The molecule has 2 heterocycles. The molecular formula is C12H14N2O2. The number of rotatable bonds is 3. The molecule has 1 saturated heterocycles. The standard InChI is InChI=1S/C12H14N2O2/c15-9-14-7-3-11(4-8-14)12(16)10-1-5-13-6-2-10/h1-2,5-6,9,11H,3-4,7-8H2. The Morgan fingerprint density at radius 1 is 1.31 bits per heavy atom. The molecule has 0 atom stereocenters. The second-order valence-electron chi connectivity index (χ2n) is 4.02. The van der Waals surface area contributed by atoms with Gasteiger partial charge in [0.1, 0.15) is 0 Å². The van der Waals surface area contributed by atoms with E-state index in [0.717, 1.165) is 24.8 Å². The summed E-state index contributed by atoms with van der Waals surface area (Å²) >= 11 is 0. The Kier molecular flexibility index (Phi) is 3.29. The molecule has 16 heavy (non-hydrogen) atoms. The first kappa shape index (κ1) is 10.8. The zero-order valence-corrected chi connectivity index (χ0v) is 9.00. The Morgan fingerprint density at radius 3 is 2.50 bits per heavy atom. The molecule has 0 spiro atoms. The quantitative estimate of drug-likeness (QED) is 0.564. The normalized spacial score (nSPS) is 17.1. The van der Waals surface area contributed by atoms with Crippen LogP contribution in [-0.4, -0.2) is 35.2 Å². The first-order valence-corrected chi connectivity index (χ1v) is 5.45. The number of piperidine rings is 1. The molecule has 4 nitrogen and oxygen atoms in total. The molecule has 0 unspecified atom stereocenters. The largest absolute Gasteiger partial charge is 0.345 e. The van der Waals surface area contributed by atoms with E-state index in [9.17, 15) is 9.59 Å². The average molecular weight is 218 g/mol. The Morgan fingerprint density at radius 2 is 1.94 bits per heavy atom. The van der Waals surface area contributed by atoms with Crippen LogP contribution >= 0.6 is 0 Å². The summed E-state index contributed by atoms with van der Waals surface area (Å²) in [4.78, 5) is 28.2. The monoisotopic (exact) mass is 218 g/mol. The molecule has 0 radical (unpaired) electrons. The topological polar surface area (TPSA) is 50.3 Å². The summed E-state index contributed by atoms with van der Waals surface area (Å²) in [6, 6.07) is 3.49. The zero-order valence-electron chi connectivity index (χ0n) is 9.00. The maximum Gasteiger partial charge on any atom is 0.209 e. The van der Waals surface area contributed by atoms with Crippen LogP contribution in [0.1, 0.15) is 23.2 Å². The molecule has 0 N–H and O–H groups in total. The van der Waals surface area contributed by atoms with E-state index in [1.165, 1.54) is 0 Å². The first-order valence-electron chi connectivity index (χ1n) is 5.45. The van der Waals surface area contributed by atoms with Crippen molar-refractivity contribution in [1.29, 1.82) is 0 Å². The summed E-state index contributed by atoms with van der Waals surface area (Å²) in [5.41, 5.74) is 0.722. The van der Waals surface area contributed by atoms with E-state index in [1.807, 2.05) is 0 Å². The van der Waals surface area contributed by atoms with Gasteiger partial charge >= 0.3 is 0 Å². The van der Waals surface area contributed by atoms with Gasteiger partial charge in [-0.3, -0.25) is 14.6 Å². The van der Waals surface area contributed by atoms with Crippen molar-refractivity contribution in [2.75, 3.05) is 13.1 Å². The Labute approximate surface area is 94.3 Å². The fourth-order valence-corrected chi connectivity index (χ4v) is 2.02. The number of carbonyl (C=O) groups is 2. The van der Waals surface area contributed by atoms with Crippen molar-refractivity contribution < 1.29 is 9.59 Å². The van der Waals surface area contributed by atoms with Crippen LogP contribution in [0.25, 0.3) is 0 Å². The maximum absolute atomic E-state index is 12.1. The highest BCUT2D eigenvalue weighted by Gasteiger charge is 2.24. The predicted octanol–water partition coefficient (Wildman–Crippen LogP) is 1.13. The minimum atomic E-state index is 0.0543. The number of hydrogen-bond donors (Lipinski definition) is 0. The predicted molar refractivity (Wildman–Crippen MR) is 58.9 cm³/mol. The minimum absolute atomic E-state index is 0.0543. The van der Waals surface area contributed by atoms with Gasteiger partial charge in [0.15, 0.2) is 5.78 Å². The Bertz CT molecular complexity index is 370. The van der Waals surface area contributed by atoms with E-state index in [1.54, 1.807) is 29.4 Å². The highest BCUT2D eigenvalue weighted by molar-refractivity contribution is 5.97. The molecule has 4 heteroatoms. The molecule has 1 fully saturated rings. The molecule has 1 aliphatic heterocycles. The third-order valence-corrected chi connectivity index (χ3v) is 3.01. The Hall–Kier alpha value is -1.71. The molecule has 0 bridgehead atoms. The third kappa shape index (κ3) is 2.27. The minimum Gasteiger partial charge on any atom is -0.345 e. The lowest BCUT2D eigenvalue weighted by atomic mass is 9.89. The Balaban J connectivity index is 1.99. The molecule has 84 valence electrons. The van der Waals surface area contributed by atoms with Gasteiger partial charge < -0.3 is 4.90 Å². The number of hydrogen-bond acceptors (Lipinski definition) is 3. The van der Waals surface area contributed by atoms with Crippen molar-refractivity contribution in [2.24, 2.45) is 5.92 Å². The molecule has 1 aromatic rings. The lowest BCUT2D eigenvalue weighted by molar-refractivity contribution is -0.119. The first-order chi connectivity index (χ1) is 7.81. The van der Waals surface area contributed by atoms with Gasteiger partial charge in [-0.1, -0.05) is 0 Å². The number of pyridine rings is 1. The van der Waals surface area contributed by atoms with Gasteiger partial charge in [-0.15, -0.1) is 0 Å². The highest BCUT2D eigenvalue weighted by atomic mass is 16.1. The van der Waals surface area contributed by atoms with Crippen molar-refractivity contribution in [3.63, 3.8) is 0 Å². The van der Waals surface area contributed by atoms with Gasteiger partial charge in [-0.2, -0.15) is 0 Å². The van der Waals surface area contributed by atoms with Gasteiger partial charge in [0.25, 0.3) is 0 Å². The lowest BCUT2D eigenvalue weighted by Gasteiger charge is -2.28. The van der Waals surface area contributed by atoms with E-state index in [2.05, 4.69) is 4.98 Å². The SMILES string of the molecule is O=CN1CCC(C(=O)c2ccncc2)CC1. The highest BCUT2D eigenvalue weighted by Crippen LogP contribution is 2.20. The van der Waals surface area contributed by atoms with E-state index in [-0.39, 0.29) is 11.7 Å². The maximum atomic E-state index is 12.1. The molecule has 0 aromatic carbocycles. The summed E-state index contributed by atoms with van der Waals surface area (Å²) in [7, 11) is 0. The van der Waals surface area contributed by atoms with Gasteiger partial charge in [0, 0.05) is 37.0 Å². The fourth-order valence-electron chi connectivity index (χ4n) is 2.02. The third-order valence-electron chi connectivity index (χ3n) is 3.01. The van der Waals surface area contributed by atoms with Crippen molar-refractivity contribution in [3.05, 3.63) is 30.1 Å². The van der Waals surface area contributed by atoms with Crippen LogP contribution in [-0.2, 0) is 4.79 Å². The van der Waals surface area contributed by atoms with Crippen LogP contribution in [0, 0.1) is 5.92 Å². The zero-order chi connectivity index (χ0) is 11.4. The van der Waals surface area contributed by atoms with Crippen LogP contribution in [0.5, 0.6) is 0 Å². The van der Waals surface area contributed by atoms with E-state index in [4.69, 9.17) is 0 Å². The van der Waals surface area contributed by atoms with Crippen molar-refractivity contribution in [2.45, 2.75) is 12.8 Å². The summed E-state index contributed by atoms with van der Waals surface area (Å²) in [5.74, 6) is 0.228. The summed E-state index contributed by atoms with van der Waals surface area (Å²) < 4.78 is 0. The van der Waals surface area contributed by atoms with Crippen LogP contribution in [0.3, 0.4) is 0 Å². The van der Waals surface area contributed by atoms with E-state index >= 15 is 0 Å². The van der Waals surface area contributed by atoms with E-state index < -0.39 is 0 Å². The number of Topliss-reactive ketones (excluding diaryl/α,β-unsaturated/α-hetero) is 1. The number of likely N-dealkylation sites (tertiary alicyclic amines) is 1. The van der Waals surface area contributed by atoms with Gasteiger partial charge in [0.05, 0.1) is 0 Å². The lowest BCUT2D eigenvalue weighted by Crippen LogP contribution is -2.35. The van der Waals surface area contributed by atoms with Crippen molar-refractivity contribution in [3.8, 4) is 0 Å². The van der Waals surface area contributed by atoms with Crippen molar-refractivity contribution in [1.82, 2.24) is 9.88 Å². The van der Waals surface area contributed by atoms with E-state index in [0.29, 0.717) is 13.1 Å². The molecular weight excluding hydrogens is 204 g/mol. The molecule has 1 aromatic heterocycles. The van der Waals surface area contributed by atoms with Crippen LogP contribution < -0.4 is 0 Å². The molecule has 0 saturated carbocycles. The number of ketones is 1. The molecule has 1 aliphatic rings. The number of aromatic nitrogens is 1. The van der Waals surface area contributed by atoms with Crippen LogP contribution in [0.2, 0.25) is 0 Å². The van der Waals surface area contributed by atoms with Crippen molar-refractivity contribution >= 4 is 12.2 Å². The van der Waals surface area contributed by atoms with Gasteiger partial charge in [-0.05, 0) is 25.0 Å².